The number of halogens is 1. The molecule has 2 nitrogen and oxygen atoms in total. The van der Waals surface area contributed by atoms with Crippen LogP contribution in [0.3, 0.4) is 0 Å². The third kappa shape index (κ3) is 2.78. The minimum absolute atomic E-state index is 0.242. The molecule has 0 spiro atoms. The minimum atomic E-state index is 0.242. The van der Waals surface area contributed by atoms with Crippen molar-refractivity contribution in [1.29, 1.82) is 0 Å². The summed E-state index contributed by atoms with van der Waals surface area (Å²) in [7, 11) is 3.72. The van der Waals surface area contributed by atoms with Crippen LogP contribution in [0, 0.1) is 5.92 Å². The van der Waals surface area contributed by atoms with Crippen LogP contribution >= 0.6 is 11.6 Å². The van der Waals surface area contributed by atoms with Crippen molar-refractivity contribution in [3.05, 3.63) is 64.2 Å². The van der Waals surface area contributed by atoms with Gasteiger partial charge in [-0.05, 0) is 55.1 Å². The Morgan fingerprint density at radius 3 is 2.38 bits per heavy atom. The monoisotopic (exact) mass is 301 g/mol. The van der Waals surface area contributed by atoms with Gasteiger partial charge in [0.15, 0.2) is 0 Å². The molecule has 0 bridgehead atoms. The largest absolute Gasteiger partial charge is 0.496 e. The van der Waals surface area contributed by atoms with Gasteiger partial charge < -0.3 is 10.1 Å². The highest BCUT2D eigenvalue weighted by Gasteiger charge is 2.30. The van der Waals surface area contributed by atoms with Gasteiger partial charge in [0.25, 0.3) is 0 Å². The Morgan fingerprint density at radius 2 is 1.81 bits per heavy atom. The summed E-state index contributed by atoms with van der Waals surface area (Å²) in [4.78, 5) is 0. The van der Waals surface area contributed by atoms with Gasteiger partial charge in [0, 0.05) is 16.6 Å². The van der Waals surface area contributed by atoms with Crippen molar-refractivity contribution in [3.8, 4) is 5.75 Å². The molecule has 0 aliphatic heterocycles. The Kier molecular flexibility index (Phi) is 4.18. The van der Waals surface area contributed by atoms with Crippen LogP contribution in [0.1, 0.15) is 22.7 Å². The molecule has 3 heteroatoms. The predicted molar refractivity (Wildman–Crippen MR) is 87.1 cm³/mol. The molecule has 0 heterocycles. The second kappa shape index (κ2) is 6.08. The fraction of sp³-hybridized carbons (Fsp3) is 0.333. The van der Waals surface area contributed by atoms with Crippen molar-refractivity contribution in [2.75, 3.05) is 14.2 Å². The van der Waals surface area contributed by atoms with Gasteiger partial charge in [-0.15, -0.1) is 0 Å². The van der Waals surface area contributed by atoms with Gasteiger partial charge in [0.2, 0.25) is 0 Å². The molecule has 0 saturated carbocycles. The molecule has 110 valence electrons. The lowest BCUT2D eigenvalue weighted by molar-refractivity contribution is 0.363. The molecule has 1 atom stereocenters. The van der Waals surface area contributed by atoms with Gasteiger partial charge in [-0.2, -0.15) is 0 Å². The van der Waals surface area contributed by atoms with Crippen LogP contribution in [-0.4, -0.2) is 14.2 Å². The Bertz CT molecular complexity index is 616. The van der Waals surface area contributed by atoms with E-state index in [-0.39, 0.29) is 6.04 Å². The molecule has 1 unspecified atom stereocenters. The first-order valence-electron chi connectivity index (χ1n) is 7.30. The number of methoxy groups -OCH3 is 1. The van der Waals surface area contributed by atoms with Crippen LogP contribution in [0.15, 0.2) is 42.5 Å². The number of rotatable bonds is 4. The third-order valence-electron chi connectivity index (χ3n) is 4.39. The molecular weight excluding hydrogens is 282 g/mol. The average Bonchev–Trinajstić information content (AvgIpc) is 2.92. The van der Waals surface area contributed by atoms with E-state index in [1.165, 1.54) is 11.1 Å². The summed E-state index contributed by atoms with van der Waals surface area (Å²) in [5.74, 6) is 1.43. The molecule has 1 aliphatic rings. The van der Waals surface area contributed by atoms with Crippen LogP contribution < -0.4 is 10.1 Å². The minimum Gasteiger partial charge on any atom is -0.496 e. The Labute approximate surface area is 131 Å². The number of fused-ring (bicyclic) bond motifs is 1. The van der Waals surface area contributed by atoms with Crippen molar-refractivity contribution in [2.45, 2.75) is 18.9 Å². The summed E-state index contributed by atoms with van der Waals surface area (Å²) in [5.41, 5.74) is 4.07. The highest BCUT2D eigenvalue weighted by molar-refractivity contribution is 6.30. The lowest BCUT2D eigenvalue weighted by Gasteiger charge is -2.25. The zero-order chi connectivity index (χ0) is 14.8. The zero-order valence-corrected chi connectivity index (χ0v) is 13.2. The van der Waals surface area contributed by atoms with Crippen LogP contribution in [0.4, 0.5) is 0 Å². The van der Waals surface area contributed by atoms with E-state index in [4.69, 9.17) is 16.3 Å². The van der Waals surface area contributed by atoms with E-state index < -0.39 is 0 Å². The molecule has 3 rings (SSSR count). The number of hydrogen-bond acceptors (Lipinski definition) is 2. The summed E-state index contributed by atoms with van der Waals surface area (Å²) in [6, 6.07) is 14.8. The Balaban J connectivity index is 1.92. The van der Waals surface area contributed by atoms with Gasteiger partial charge in [0.05, 0.1) is 7.11 Å². The van der Waals surface area contributed by atoms with E-state index in [0.29, 0.717) is 5.92 Å². The van der Waals surface area contributed by atoms with Crippen LogP contribution in [-0.2, 0) is 12.8 Å². The normalized spacial score (nSPS) is 15.8. The van der Waals surface area contributed by atoms with E-state index in [9.17, 15) is 0 Å². The molecule has 0 aromatic heterocycles. The predicted octanol–water partition coefficient (Wildman–Crippen LogP) is 4.02. The van der Waals surface area contributed by atoms with Gasteiger partial charge in [-0.25, -0.2) is 0 Å². The van der Waals surface area contributed by atoms with Crippen molar-refractivity contribution < 1.29 is 4.74 Å². The van der Waals surface area contributed by atoms with Crippen molar-refractivity contribution >= 4 is 11.6 Å². The fourth-order valence-electron chi connectivity index (χ4n) is 3.42. The maximum Gasteiger partial charge on any atom is 0.123 e. The molecule has 2 aromatic carbocycles. The van der Waals surface area contributed by atoms with Crippen molar-refractivity contribution in [2.24, 2.45) is 5.92 Å². The topological polar surface area (TPSA) is 21.3 Å². The molecular formula is C18H20ClNO. The molecule has 0 amide bonds. The Hall–Kier alpha value is -1.51. The van der Waals surface area contributed by atoms with Crippen LogP contribution in [0.25, 0.3) is 0 Å². The summed E-state index contributed by atoms with van der Waals surface area (Å²) in [6.45, 7) is 0. The SMILES string of the molecule is CNC(c1cc(Cl)ccc1OC)C1Cc2ccccc2C1. The van der Waals surface area contributed by atoms with Crippen LogP contribution in [0.5, 0.6) is 5.75 Å². The number of hydrogen-bond donors (Lipinski definition) is 1. The maximum absolute atomic E-state index is 6.19. The van der Waals surface area contributed by atoms with E-state index in [1.807, 2.05) is 25.2 Å². The zero-order valence-electron chi connectivity index (χ0n) is 12.4. The lowest BCUT2D eigenvalue weighted by Crippen LogP contribution is -2.26. The van der Waals surface area contributed by atoms with Crippen LogP contribution in [0.2, 0.25) is 5.02 Å². The molecule has 1 aliphatic carbocycles. The first kappa shape index (κ1) is 14.4. The smallest absolute Gasteiger partial charge is 0.123 e. The molecule has 0 saturated heterocycles. The third-order valence-corrected chi connectivity index (χ3v) is 4.63. The van der Waals surface area contributed by atoms with E-state index in [1.54, 1.807) is 7.11 Å². The molecule has 21 heavy (non-hydrogen) atoms. The van der Waals surface area contributed by atoms with Gasteiger partial charge in [-0.3, -0.25) is 0 Å². The lowest BCUT2D eigenvalue weighted by atomic mass is 9.90. The second-order valence-electron chi connectivity index (χ2n) is 5.59. The average molecular weight is 302 g/mol. The first-order chi connectivity index (χ1) is 10.2. The fourth-order valence-corrected chi connectivity index (χ4v) is 3.60. The quantitative estimate of drug-likeness (QED) is 0.921. The number of ether oxygens (including phenoxy) is 1. The Morgan fingerprint density at radius 1 is 1.14 bits per heavy atom. The van der Waals surface area contributed by atoms with Gasteiger partial charge in [-0.1, -0.05) is 35.9 Å². The molecule has 0 fully saturated rings. The highest BCUT2D eigenvalue weighted by Crippen LogP contribution is 2.39. The first-order valence-corrected chi connectivity index (χ1v) is 7.68. The summed E-state index contributed by atoms with van der Waals surface area (Å²) in [5, 5.41) is 4.21. The molecule has 0 radical (unpaired) electrons. The van der Waals surface area contributed by atoms with E-state index in [0.717, 1.165) is 29.2 Å². The molecule has 1 N–H and O–H groups in total. The van der Waals surface area contributed by atoms with E-state index in [2.05, 4.69) is 29.6 Å². The number of nitrogens with one attached hydrogen (secondary N) is 1. The van der Waals surface area contributed by atoms with Gasteiger partial charge in [0.1, 0.15) is 5.75 Å². The molecule has 2 aromatic rings. The summed E-state index contributed by atoms with van der Waals surface area (Å²) >= 11 is 6.19. The second-order valence-corrected chi connectivity index (χ2v) is 6.03. The maximum atomic E-state index is 6.19. The highest BCUT2D eigenvalue weighted by atomic mass is 35.5. The van der Waals surface area contributed by atoms with Gasteiger partial charge >= 0.3 is 0 Å². The summed E-state index contributed by atoms with van der Waals surface area (Å²) in [6.07, 6.45) is 2.19. The van der Waals surface area contributed by atoms with E-state index >= 15 is 0 Å². The van der Waals surface area contributed by atoms with Crippen molar-refractivity contribution in [1.82, 2.24) is 5.32 Å². The number of benzene rings is 2. The summed E-state index contributed by atoms with van der Waals surface area (Å²) < 4.78 is 5.52. The standard InChI is InChI=1S/C18H20ClNO/c1-20-18(16-11-15(19)7-8-17(16)21-2)14-9-12-5-3-4-6-13(12)10-14/h3-8,11,14,18,20H,9-10H2,1-2H3. The van der Waals surface area contributed by atoms with Crippen molar-refractivity contribution in [3.63, 3.8) is 0 Å².